The van der Waals surface area contributed by atoms with E-state index in [1.165, 1.54) is 16.8 Å². The maximum Gasteiger partial charge on any atom is 0.276 e. The summed E-state index contributed by atoms with van der Waals surface area (Å²) in [6.45, 7) is 6.26. The summed E-state index contributed by atoms with van der Waals surface area (Å²) in [4.78, 5) is 26.5. The Morgan fingerprint density at radius 2 is 1.92 bits per heavy atom. The van der Waals surface area contributed by atoms with Gasteiger partial charge in [0, 0.05) is 12.1 Å². The molecular weight excluding hydrogens is 337 g/mol. The molecule has 138 valence electrons. The number of fused-ring (bicyclic) bond motifs is 1. The van der Waals surface area contributed by atoms with Crippen LogP contribution in [-0.2, 0) is 6.42 Å². The molecule has 2 heterocycles. The molecular formula is C19H22FN3O3. The maximum absolute atomic E-state index is 13.2. The van der Waals surface area contributed by atoms with Gasteiger partial charge in [-0.15, -0.1) is 0 Å². The van der Waals surface area contributed by atoms with Crippen molar-refractivity contribution in [2.24, 2.45) is 0 Å². The van der Waals surface area contributed by atoms with Crippen LogP contribution in [0, 0.1) is 5.82 Å². The Morgan fingerprint density at radius 1 is 1.27 bits per heavy atom. The summed E-state index contributed by atoms with van der Waals surface area (Å²) in [6.07, 6.45) is 2.23. The predicted molar refractivity (Wildman–Crippen MR) is 94.7 cm³/mol. The van der Waals surface area contributed by atoms with Crippen molar-refractivity contribution in [3.63, 3.8) is 0 Å². The smallest absolute Gasteiger partial charge is 0.276 e. The first kappa shape index (κ1) is 18.1. The van der Waals surface area contributed by atoms with Crippen molar-refractivity contribution in [1.29, 1.82) is 0 Å². The summed E-state index contributed by atoms with van der Waals surface area (Å²) in [6, 6.07) is 5.86. The molecule has 0 spiro atoms. The van der Waals surface area contributed by atoms with E-state index < -0.39 is 22.6 Å². The van der Waals surface area contributed by atoms with Crippen LogP contribution in [0.15, 0.2) is 35.3 Å². The number of rotatable bonds is 4. The number of carbonyl (C=O) groups excluding carboxylic acids is 1. The summed E-state index contributed by atoms with van der Waals surface area (Å²) in [7, 11) is 0. The minimum Gasteiger partial charge on any atom is -0.502 e. The van der Waals surface area contributed by atoms with Crippen LogP contribution < -0.4 is 5.43 Å². The van der Waals surface area contributed by atoms with Gasteiger partial charge >= 0.3 is 0 Å². The number of aromatic hydroxyl groups is 1. The fraction of sp³-hybridized carbons (Fsp3) is 0.421. The molecule has 1 aliphatic rings. The van der Waals surface area contributed by atoms with E-state index in [2.05, 4.69) is 5.10 Å². The predicted octanol–water partition coefficient (Wildman–Crippen LogP) is 2.52. The number of amides is 1. The van der Waals surface area contributed by atoms with Crippen molar-refractivity contribution in [1.82, 2.24) is 14.7 Å². The van der Waals surface area contributed by atoms with E-state index >= 15 is 0 Å². The molecule has 1 unspecified atom stereocenters. The van der Waals surface area contributed by atoms with Gasteiger partial charge in [-0.25, -0.2) is 4.39 Å². The van der Waals surface area contributed by atoms with Crippen molar-refractivity contribution < 1.29 is 14.3 Å². The Balaban J connectivity index is 2.08. The molecule has 1 amide bonds. The Kier molecular flexibility index (Phi) is 4.56. The first-order chi connectivity index (χ1) is 12.2. The van der Waals surface area contributed by atoms with Gasteiger partial charge in [0.1, 0.15) is 5.82 Å². The van der Waals surface area contributed by atoms with Gasteiger partial charge < -0.3 is 10.0 Å². The van der Waals surface area contributed by atoms with Gasteiger partial charge in [0.2, 0.25) is 5.43 Å². The van der Waals surface area contributed by atoms with Gasteiger partial charge in [-0.2, -0.15) is 5.10 Å². The third kappa shape index (κ3) is 3.09. The SMILES string of the molecule is CCC(C)(C)N1CC(Cc2ccc(F)cc2)n2ncc(=O)c(O)c2C1=O. The van der Waals surface area contributed by atoms with Crippen LogP contribution in [0.2, 0.25) is 0 Å². The molecule has 1 aromatic heterocycles. The molecule has 0 saturated carbocycles. The number of nitrogens with zero attached hydrogens (tertiary/aromatic N) is 3. The summed E-state index contributed by atoms with van der Waals surface area (Å²) in [5, 5.41) is 14.3. The van der Waals surface area contributed by atoms with Crippen LogP contribution in [0.1, 0.15) is 49.3 Å². The zero-order valence-electron chi connectivity index (χ0n) is 15.1. The normalized spacial score (nSPS) is 17.3. The molecule has 0 radical (unpaired) electrons. The van der Waals surface area contributed by atoms with E-state index in [0.29, 0.717) is 19.4 Å². The van der Waals surface area contributed by atoms with Crippen LogP contribution in [0.25, 0.3) is 0 Å². The van der Waals surface area contributed by atoms with E-state index in [0.717, 1.165) is 11.8 Å². The molecule has 0 bridgehead atoms. The number of benzene rings is 1. The molecule has 3 rings (SSSR count). The highest BCUT2D eigenvalue weighted by Gasteiger charge is 2.40. The minimum atomic E-state index is -0.679. The monoisotopic (exact) mass is 359 g/mol. The van der Waals surface area contributed by atoms with E-state index in [1.807, 2.05) is 20.8 Å². The second-order valence-electron chi connectivity index (χ2n) is 7.22. The van der Waals surface area contributed by atoms with Crippen molar-refractivity contribution in [2.45, 2.75) is 45.2 Å². The van der Waals surface area contributed by atoms with Gasteiger partial charge in [-0.1, -0.05) is 19.1 Å². The highest BCUT2D eigenvalue weighted by atomic mass is 19.1. The van der Waals surface area contributed by atoms with Crippen molar-refractivity contribution >= 4 is 5.91 Å². The minimum absolute atomic E-state index is 0.0858. The number of halogens is 1. The molecule has 26 heavy (non-hydrogen) atoms. The highest BCUT2D eigenvalue weighted by molar-refractivity contribution is 5.96. The lowest BCUT2D eigenvalue weighted by Gasteiger charge is -2.44. The molecule has 1 atom stereocenters. The first-order valence-corrected chi connectivity index (χ1v) is 8.62. The third-order valence-electron chi connectivity index (χ3n) is 5.15. The van der Waals surface area contributed by atoms with E-state index in [1.54, 1.807) is 17.0 Å². The highest BCUT2D eigenvalue weighted by Crippen LogP contribution is 2.32. The molecule has 1 aromatic carbocycles. The summed E-state index contributed by atoms with van der Waals surface area (Å²) in [5.74, 6) is -1.30. The molecule has 6 nitrogen and oxygen atoms in total. The van der Waals surface area contributed by atoms with Gasteiger partial charge in [0.25, 0.3) is 5.91 Å². The van der Waals surface area contributed by atoms with Gasteiger partial charge in [0.05, 0.1) is 12.2 Å². The fourth-order valence-electron chi connectivity index (χ4n) is 3.19. The maximum atomic E-state index is 13.2. The zero-order chi connectivity index (χ0) is 19.1. The van der Waals surface area contributed by atoms with Gasteiger partial charge in [-0.05, 0) is 44.4 Å². The van der Waals surface area contributed by atoms with E-state index in [9.17, 15) is 19.1 Å². The lowest BCUT2D eigenvalue weighted by atomic mass is 9.94. The number of carbonyl (C=O) groups is 1. The van der Waals surface area contributed by atoms with Crippen LogP contribution >= 0.6 is 0 Å². The summed E-state index contributed by atoms with van der Waals surface area (Å²) in [5.41, 5.74) is -0.327. The molecule has 0 saturated heterocycles. The standard InChI is InChI=1S/C19H22FN3O3/c1-4-19(2,3)22-11-14(9-12-5-7-13(20)8-6-12)23-16(18(22)26)17(25)15(24)10-21-23/h5-8,10,14,25H,4,9,11H2,1-3H3. The zero-order valence-corrected chi connectivity index (χ0v) is 15.1. The van der Waals surface area contributed by atoms with Crippen molar-refractivity contribution in [2.75, 3.05) is 6.54 Å². The van der Waals surface area contributed by atoms with Crippen molar-refractivity contribution in [3.8, 4) is 5.75 Å². The lowest BCUT2D eigenvalue weighted by Crippen LogP contribution is -2.54. The Bertz CT molecular complexity index is 890. The number of hydrogen-bond acceptors (Lipinski definition) is 4. The average molecular weight is 359 g/mol. The van der Waals surface area contributed by atoms with Crippen LogP contribution in [0.5, 0.6) is 5.75 Å². The topological polar surface area (TPSA) is 75.4 Å². The third-order valence-corrected chi connectivity index (χ3v) is 5.15. The van der Waals surface area contributed by atoms with Crippen LogP contribution in [-0.4, -0.2) is 37.8 Å². The molecule has 7 heteroatoms. The fourth-order valence-corrected chi connectivity index (χ4v) is 3.19. The Morgan fingerprint density at radius 3 is 2.54 bits per heavy atom. The van der Waals surface area contributed by atoms with Crippen molar-refractivity contribution in [3.05, 3.63) is 57.8 Å². The first-order valence-electron chi connectivity index (χ1n) is 8.62. The number of aromatic nitrogens is 2. The lowest BCUT2D eigenvalue weighted by molar-refractivity contribution is 0.0382. The Hall–Kier alpha value is -2.70. The average Bonchev–Trinajstić information content (AvgIpc) is 2.61. The van der Waals surface area contributed by atoms with Crippen LogP contribution in [0.4, 0.5) is 4.39 Å². The molecule has 1 N–H and O–H groups in total. The quantitative estimate of drug-likeness (QED) is 0.910. The van der Waals surface area contributed by atoms with E-state index in [-0.39, 0.29) is 17.6 Å². The summed E-state index contributed by atoms with van der Waals surface area (Å²) < 4.78 is 14.6. The Labute approximate surface area is 150 Å². The molecule has 0 fully saturated rings. The molecule has 0 aliphatic carbocycles. The largest absolute Gasteiger partial charge is 0.502 e. The van der Waals surface area contributed by atoms with Gasteiger partial charge in [0.15, 0.2) is 11.4 Å². The van der Waals surface area contributed by atoms with E-state index in [4.69, 9.17) is 0 Å². The molecule has 1 aliphatic heterocycles. The van der Waals surface area contributed by atoms with Gasteiger partial charge in [-0.3, -0.25) is 14.3 Å². The second kappa shape index (κ2) is 6.55. The molecule has 2 aromatic rings. The summed E-state index contributed by atoms with van der Waals surface area (Å²) >= 11 is 0. The second-order valence-corrected chi connectivity index (χ2v) is 7.22. The number of hydrogen-bond donors (Lipinski definition) is 1. The van der Waals surface area contributed by atoms with Crippen LogP contribution in [0.3, 0.4) is 0 Å².